The van der Waals surface area contributed by atoms with Gasteiger partial charge >= 0.3 is 18.1 Å². The Hall–Kier alpha value is -2.64. The third kappa shape index (κ3) is 5.45. The van der Waals surface area contributed by atoms with Crippen molar-refractivity contribution in [3.8, 4) is 0 Å². The standard InChI is InChI=1S/C30H36ClF3N2O7/c1-14(2)17-10-9-16(4)30(40)19(17)11-15(3)24(41-22(37)13-29(32,33)34)25(30)42-26(38)21-12-28(39)18-7-6-8-20(31)23(18)36(5)43-27(28)35-21/h6-8,11,16-17,19,21,24-25,27,35,39-40H,1,9-10,12-13H2,2-5H3/t16-,17+,19+,21+,24-,25+,27-,28-,30-/m1/s1. The van der Waals surface area contributed by atoms with Gasteiger partial charge < -0.3 is 19.7 Å². The molecular formula is C30H36ClF3N2O7. The molecule has 5 rings (SSSR count). The van der Waals surface area contributed by atoms with E-state index in [9.17, 15) is 33.0 Å². The van der Waals surface area contributed by atoms with Crippen molar-refractivity contribution in [2.75, 3.05) is 12.1 Å². The molecule has 2 fully saturated rings. The van der Waals surface area contributed by atoms with Crippen LogP contribution in [0.15, 0.2) is 42.0 Å². The third-order valence-corrected chi connectivity index (χ3v) is 9.69. The summed E-state index contributed by atoms with van der Waals surface area (Å²) in [5, 5.41) is 28.7. The number of fused-ring (bicyclic) bond motifs is 4. The first-order chi connectivity index (χ1) is 20.0. The van der Waals surface area contributed by atoms with E-state index in [0.29, 0.717) is 34.7 Å². The van der Waals surface area contributed by atoms with Crippen LogP contribution in [0.4, 0.5) is 18.9 Å². The van der Waals surface area contributed by atoms with E-state index in [4.69, 9.17) is 25.9 Å². The van der Waals surface area contributed by atoms with Crippen molar-refractivity contribution in [3.63, 3.8) is 0 Å². The Morgan fingerprint density at radius 2 is 1.95 bits per heavy atom. The Morgan fingerprint density at radius 3 is 2.60 bits per heavy atom. The molecule has 1 saturated carbocycles. The Labute approximate surface area is 252 Å². The van der Waals surface area contributed by atoms with E-state index in [1.807, 2.05) is 6.92 Å². The first-order valence-corrected chi connectivity index (χ1v) is 14.6. The largest absolute Gasteiger partial charge is 0.454 e. The minimum atomic E-state index is -4.82. The molecule has 9 atom stereocenters. The number of carbonyl (C=O) groups is 2. The number of anilines is 1. The van der Waals surface area contributed by atoms with Gasteiger partial charge in [0.25, 0.3) is 0 Å². The summed E-state index contributed by atoms with van der Waals surface area (Å²) in [5.41, 5.74) is -1.47. The van der Waals surface area contributed by atoms with E-state index < -0.39 is 72.1 Å². The Balaban J connectivity index is 1.48. The van der Waals surface area contributed by atoms with Gasteiger partial charge in [-0.05, 0) is 50.2 Å². The van der Waals surface area contributed by atoms with E-state index in [1.54, 1.807) is 45.2 Å². The number of nitrogens with one attached hydrogen (secondary N) is 1. The van der Waals surface area contributed by atoms with Crippen molar-refractivity contribution in [1.29, 1.82) is 0 Å². The van der Waals surface area contributed by atoms with E-state index in [1.165, 1.54) is 5.06 Å². The number of halogens is 4. The van der Waals surface area contributed by atoms with E-state index in [-0.39, 0.29) is 12.3 Å². The van der Waals surface area contributed by atoms with Gasteiger partial charge in [-0.2, -0.15) is 13.2 Å². The van der Waals surface area contributed by atoms with Crippen LogP contribution >= 0.6 is 11.6 Å². The zero-order chi connectivity index (χ0) is 31.6. The summed E-state index contributed by atoms with van der Waals surface area (Å²) in [6.45, 7) is 9.22. The molecule has 1 aromatic carbocycles. The molecule has 9 nitrogen and oxygen atoms in total. The molecule has 2 heterocycles. The van der Waals surface area contributed by atoms with E-state index >= 15 is 0 Å². The predicted octanol–water partition coefficient (Wildman–Crippen LogP) is 4.30. The molecule has 0 amide bonds. The highest BCUT2D eigenvalue weighted by atomic mass is 35.5. The lowest BCUT2D eigenvalue weighted by Gasteiger charge is -2.55. The van der Waals surface area contributed by atoms with Crippen molar-refractivity contribution in [2.24, 2.45) is 17.8 Å². The average Bonchev–Trinajstić information content (AvgIpc) is 3.24. The van der Waals surface area contributed by atoms with Gasteiger partial charge in [0.2, 0.25) is 0 Å². The third-order valence-electron chi connectivity index (χ3n) is 9.39. The summed E-state index contributed by atoms with van der Waals surface area (Å²) in [7, 11) is 1.60. The van der Waals surface area contributed by atoms with Gasteiger partial charge in [0, 0.05) is 24.9 Å². The molecule has 43 heavy (non-hydrogen) atoms. The summed E-state index contributed by atoms with van der Waals surface area (Å²) >= 11 is 6.36. The Morgan fingerprint density at radius 1 is 1.26 bits per heavy atom. The summed E-state index contributed by atoms with van der Waals surface area (Å²) < 4.78 is 50.4. The van der Waals surface area contributed by atoms with Crippen LogP contribution in [0.2, 0.25) is 5.02 Å². The van der Waals surface area contributed by atoms with Crippen molar-refractivity contribution in [1.82, 2.24) is 5.32 Å². The number of benzene rings is 1. The number of hydrogen-bond acceptors (Lipinski definition) is 9. The number of nitrogens with zero attached hydrogens (tertiary/aromatic N) is 1. The molecule has 2 aliphatic heterocycles. The van der Waals surface area contributed by atoms with E-state index in [2.05, 4.69) is 11.9 Å². The lowest BCUT2D eigenvalue weighted by atomic mass is 9.56. The number of aliphatic hydroxyl groups is 2. The molecule has 4 aliphatic rings. The minimum absolute atomic E-state index is 0.191. The highest BCUT2D eigenvalue weighted by Gasteiger charge is 2.62. The topological polar surface area (TPSA) is 118 Å². The summed E-state index contributed by atoms with van der Waals surface area (Å²) in [6, 6.07) is 3.82. The number of allylic oxidation sites excluding steroid dienone is 1. The van der Waals surface area contributed by atoms with Gasteiger partial charge in [0.1, 0.15) is 23.7 Å². The number of ether oxygens (including phenoxy) is 2. The maximum Gasteiger partial charge on any atom is 0.399 e. The van der Waals surface area contributed by atoms with Crippen molar-refractivity contribution in [2.45, 2.75) is 88.3 Å². The second-order valence-corrected chi connectivity index (χ2v) is 12.7. The van der Waals surface area contributed by atoms with Crippen molar-refractivity contribution >= 4 is 29.2 Å². The normalized spacial score (nSPS) is 37.0. The smallest absolute Gasteiger partial charge is 0.399 e. The van der Waals surface area contributed by atoms with Crippen LogP contribution < -0.4 is 10.4 Å². The summed E-state index contributed by atoms with van der Waals surface area (Å²) in [4.78, 5) is 32.0. The fourth-order valence-electron chi connectivity index (χ4n) is 7.20. The van der Waals surface area contributed by atoms with Crippen molar-refractivity contribution < 1.29 is 47.3 Å². The molecule has 0 aromatic heterocycles. The molecule has 0 bridgehead atoms. The van der Waals surface area contributed by atoms with Crippen LogP contribution in [0.3, 0.4) is 0 Å². The van der Waals surface area contributed by atoms with Crippen LogP contribution in [-0.2, 0) is 29.5 Å². The number of alkyl halides is 3. The van der Waals surface area contributed by atoms with Crippen LogP contribution in [0.25, 0.3) is 0 Å². The molecule has 2 aliphatic carbocycles. The molecule has 236 valence electrons. The van der Waals surface area contributed by atoms with Gasteiger partial charge in [0.05, 0.1) is 10.7 Å². The summed E-state index contributed by atoms with van der Waals surface area (Å²) in [6.07, 6.45) is -8.02. The van der Waals surface area contributed by atoms with E-state index in [0.717, 1.165) is 5.57 Å². The zero-order valence-electron chi connectivity index (χ0n) is 24.3. The molecule has 0 radical (unpaired) electrons. The molecule has 13 heteroatoms. The number of esters is 2. The molecule has 1 saturated heterocycles. The molecule has 0 unspecified atom stereocenters. The first-order valence-electron chi connectivity index (χ1n) is 14.2. The van der Waals surface area contributed by atoms with Crippen LogP contribution in [0.5, 0.6) is 0 Å². The lowest BCUT2D eigenvalue weighted by Crippen LogP contribution is -2.66. The second kappa shape index (κ2) is 11.1. The monoisotopic (exact) mass is 628 g/mol. The number of hydroxylamine groups is 1. The average molecular weight is 629 g/mol. The SMILES string of the molecule is C=C(C)[C@@H]1CC[C@@H](C)[C@@]2(O)[C@H]1C=C(C)[C@@H](OC(=O)CC(F)(F)F)[C@@H]2OC(=O)[C@@H]1C[C@@]2(O)c3cccc(Cl)c3N(C)O[C@H]2N1. The van der Waals surface area contributed by atoms with Crippen LogP contribution in [-0.4, -0.2) is 65.5 Å². The van der Waals surface area contributed by atoms with Gasteiger partial charge in [-0.15, -0.1) is 0 Å². The number of carbonyl (C=O) groups excluding carboxylic acids is 2. The highest BCUT2D eigenvalue weighted by molar-refractivity contribution is 6.33. The van der Waals surface area contributed by atoms with Crippen molar-refractivity contribution in [3.05, 3.63) is 52.6 Å². The van der Waals surface area contributed by atoms with Crippen LogP contribution in [0, 0.1) is 17.8 Å². The number of hydrogen-bond donors (Lipinski definition) is 3. The number of rotatable bonds is 5. The first kappa shape index (κ1) is 31.8. The highest BCUT2D eigenvalue weighted by Crippen LogP contribution is 2.53. The second-order valence-electron chi connectivity index (χ2n) is 12.3. The maximum absolute atomic E-state index is 13.8. The van der Waals surface area contributed by atoms with Gasteiger partial charge in [-0.1, -0.05) is 48.9 Å². The molecule has 3 N–H and O–H groups in total. The molecule has 0 spiro atoms. The quantitative estimate of drug-likeness (QED) is 0.324. The minimum Gasteiger partial charge on any atom is -0.454 e. The fourth-order valence-corrected chi connectivity index (χ4v) is 7.50. The van der Waals surface area contributed by atoms with Gasteiger partial charge in [-0.3, -0.25) is 24.8 Å². The molecule has 1 aromatic rings. The van der Waals surface area contributed by atoms with Crippen LogP contribution in [0.1, 0.15) is 52.0 Å². The fraction of sp³-hybridized carbons (Fsp3) is 0.600. The summed E-state index contributed by atoms with van der Waals surface area (Å²) in [5.74, 6) is -3.74. The number of para-hydroxylation sites is 1. The zero-order valence-corrected chi connectivity index (χ0v) is 25.0. The maximum atomic E-state index is 13.8. The predicted molar refractivity (Wildman–Crippen MR) is 149 cm³/mol. The Kier molecular flexibility index (Phi) is 8.17. The van der Waals surface area contributed by atoms with Gasteiger partial charge in [0.15, 0.2) is 18.4 Å². The Bertz CT molecular complexity index is 1360. The van der Waals surface area contributed by atoms with Gasteiger partial charge in [-0.25, -0.2) is 0 Å². The lowest BCUT2D eigenvalue weighted by molar-refractivity contribution is -0.224. The molecular weight excluding hydrogens is 593 g/mol.